The molecule has 0 bridgehead atoms. The molecular formula is C22H48SiSn. The summed E-state index contributed by atoms with van der Waals surface area (Å²) >= 11 is -2.30. The number of hydrogen-bond acceptors (Lipinski definition) is 0. The van der Waals surface area contributed by atoms with Gasteiger partial charge in [0, 0.05) is 0 Å². The molecular weight excluding hydrogens is 411 g/mol. The van der Waals surface area contributed by atoms with Crippen molar-refractivity contribution in [1.29, 1.82) is 0 Å². The number of rotatable bonds is 12. The van der Waals surface area contributed by atoms with Crippen LogP contribution in [0.15, 0.2) is 11.8 Å². The zero-order chi connectivity index (χ0) is 19.0. The van der Waals surface area contributed by atoms with E-state index in [1.165, 1.54) is 38.5 Å². The van der Waals surface area contributed by atoms with E-state index in [4.69, 9.17) is 6.58 Å². The monoisotopic (exact) mass is 460 g/mol. The second kappa shape index (κ2) is 10.8. The van der Waals surface area contributed by atoms with Crippen LogP contribution in [0.2, 0.25) is 36.9 Å². The Morgan fingerprint density at radius 2 is 1.17 bits per heavy atom. The van der Waals surface area contributed by atoms with Gasteiger partial charge in [-0.25, -0.2) is 0 Å². The van der Waals surface area contributed by atoms with Crippen LogP contribution in [0.25, 0.3) is 0 Å². The van der Waals surface area contributed by atoms with Crippen molar-refractivity contribution in [3.05, 3.63) is 11.8 Å². The van der Waals surface area contributed by atoms with Gasteiger partial charge in [0.25, 0.3) is 0 Å². The summed E-state index contributed by atoms with van der Waals surface area (Å²) in [4.78, 5) is 0. The standard InChI is InChI=1S/C10H21Si.3C4H9.Sn/c1-9(11(5,6)7)8-10(2,3)4;3*1-3-4-2;/h8H,1H2,2-7H3;3*1,3-4H2,2H3;. The van der Waals surface area contributed by atoms with Crippen molar-refractivity contribution >= 4 is 26.5 Å². The predicted octanol–water partition coefficient (Wildman–Crippen LogP) is 8.69. The first-order valence-corrected chi connectivity index (χ1v) is 21.9. The van der Waals surface area contributed by atoms with E-state index in [1.54, 1.807) is 18.5 Å². The quantitative estimate of drug-likeness (QED) is 0.256. The molecule has 0 rings (SSSR count). The van der Waals surface area contributed by atoms with Crippen molar-refractivity contribution in [3.63, 3.8) is 0 Å². The Labute approximate surface area is 160 Å². The fourth-order valence-electron chi connectivity index (χ4n) is 4.64. The zero-order valence-corrected chi connectivity index (χ0v) is 22.5. The van der Waals surface area contributed by atoms with E-state index in [9.17, 15) is 0 Å². The van der Waals surface area contributed by atoms with Gasteiger partial charge in [-0.05, 0) is 0 Å². The van der Waals surface area contributed by atoms with Crippen molar-refractivity contribution in [1.82, 2.24) is 0 Å². The van der Waals surface area contributed by atoms with Gasteiger partial charge in [0.05, 0.1) is 0 Å². The second-order valence-electron chi connectivity index (χ2n) is 10.2. The molecule has 1 atom stereocenters. The van der Waals surface area contributed by atoms with Gasteiger partial charge in [0.2, 0.25) is 0 Å². The molecule has 0 aliphatic carbocycles. The topological polar surface area (TPSA) is 0 Å². The normalized spacial score (nSPS) is 14.7. The molecule has 2 heteroatoms. The summed E-state index contributed by atoms with van der Waals surface area (Å²) < 4.78 is 5.70. The van der Waals surface area contributed by atoms with E-state index < -0.39 is 26.5 Å². The molecule has 0 radical (unpaired) electrons. The van der Waals surface area contributed by atoms with Crippen LogP contribution < -0.4 is 0 Å². The van der Waals surface area contributed by atoms with E-state index in [2.05, 4.69) is 61.2 Å². The van der Waals surface area contributed by atoms with Gasteiger partial charge >= 0.3 is 161 Å². The Bertz CT molecular complexity index is 337. The molecule has 0 aliphatic rings. The summed E-state index contributed by atoms with van der Waals surface area (Å²) in [6.07, 6.45) is 8.51. The molecule has 0 aliphatic heterocycles. The molecule has 0 nitrogen and oxygen atoms in total. The van der Waals surface area contributed by atoms with Gasteiger partial charge in [-0.2, -0.15) is 0 Å². The minimum absolute atomic E-state index is 0.405. The summed E-state index contributed by atoms with van der Waals surface area (Å²) in [7, 11) is -1.30. The Hall–Kier alpha value is 0.756. The Morgan fingerprint density at radius 1 is 0.833 bits per heavy atom. The summed E-state index contributed by atoms with van der Waals surface area (Å²) in [5, 5.41) is 1.72. The van der Waals surface area contributed by atoms with E-state index in [0.717, 1.165) is 3.93 Å². The zero-order valence-electron chi connectivity index (χ0n) is 18.6. The molecule has 0 spiro atoms. The molecule has 0 saturated heterocycles. The minimum atomic E-state index is -2.30. The molecule has 1 unspecified atom stereocenters. The molecule has 0 aromatic carbocycles. The first kappa shape index (κ1) is 24.8. The molecule has 0 heterocycles. The van der Waals surface area contributed by atoms with Gasteiger partial charge in [0.1, 0.15) is 0 Å². The van der Waals surface area contributed by atoms with Gasteiger partial charge in [0.15, 0.2) is 0 Å². The average molecular weight is 459 g/mol. The summed E-state index contributed by atoms with van der Waals surface area (Å²) in [5.41, 5.74) is 0.405. The van der Waals surface area contributed by atoms with E-state index in [-0.39, 0.29) is 0 Å². The molecule has 144 valence electrons. The van der Waals surface area contributed by atoms with Crippen molar-refractivity contribution in [2.45, 2.75) is 117 Å². The Balaban J connectivity index is 6.04. The SMILES string of the molecule is C=C([CH](C(C)(C)C)[Sn]([CH2]CCC)([CH2]CCC)[CH2]CCC)[Si](C)(C)C. The Kier molecular flexibility index (Phi) is 11.1. The van der Waals surface area contributed by atoms with Gasteiger partial charge in [-0.15, -0.1) is 0 Å². The second-order valence-corrected chi connectivity index (χ2v) is 29.1. The molecule has 0 aromatic rings. The Morgan fingerprint density at radius 3 is 1.38 bits per heavy atom. The van der Waals surface area contributed by atoms with Crippen molar-refractivity contribution in [2.75, 3.05) is 0 Å². The summed E-state index contributed by atoms with van der Waals surface area (Å²) in [5.74, 6) is 0. The first-order chi connectivity index (χ1) is 11.0. The van der Waals surface area contributed by atoms with Crippen LogP contribution in [-0.2, 0) is 0 Å². The number of unbranched alkanes of at least 4 members (excludes halogenated alkanes) is 3. The molecule has 24 heavy (non-hydrogen) atoms. The molecule has 0 fully saturated rings. The van der Waals surface area contributed by atoms with Gasteiger partial charge < -0.3 is 0 Å². The van der Waals surface area contributed by atoms with Crippen molar-refractivity contribution < 1.29 is 0 Å². The summed E-state index contributed by atoms with van der Waals surface area (Å²) in [6.45, 7) is 27.1. The number of allylic oxidation sites excluding steroid dienone is 1. The van der Waals surface area contributed by atoms with E-state index >= 15 is 0 Å². The van der Waals surface area contributed by atoms with Crippen LogP contribution in [0.3, 0.4) is 0 Å². The van der Waals surface area contributed by atoms with Crippen molar-refractivity contribution in [2.24, 2.45) is 5.41 Å². The number of hydrogen-bond donors (Lipinski definition) is 0. The predicted molar refractivity (Wildman–Crippen MR) is 121 cm³/mol. The van der Waals surface area contributed by atoms with Gasteiger partial charge in [-0.1, -0.05) is 0 Å². The molecule has 0 amide bonds. The fraction of sp³-hybridized carbons (Fsp3) is 0.909. The molecule has 0 N–H and O–H groups in total. The molecule has 0 aromatic heterocycles. The third-order valence-electron chi connectivity index (χ3n) is 5.87. The molecule has 0 saturated carbocycles. The fourth-order valence-corrected chi connectivity index (χ4v) is 32.7. The van der Waals surface area contributed by atoms with Crippen LogP contribution in [0.4, 0.5) is 0 Å². The van der Waals surface area contributed by atoms with E-state index in [0.29, 0.717) is 5.41 Å². The van der Waals surface area contributed by atoms with E-state index in [1.807, 2.05) is 0 Å². The van der Waals surface area contributed by atoms with Crippen LogP contribution in [0, 0.1) is 5.41 Å². The van der Waals surface area contributed by atoms with Gasteiger partial charge in [-0.3, -0.25) is 0 Å². The van der Waals surface area contributed by atoms with Crippen LogP contribution >= 0.6 is 0 Å². The third kappa shape index (κ3) is 7.56. The maximum atomic E-state index is 4.80. The van der Waals surface area contributed by atoms with Crippen LogP contribution in [0.1, 0.15) is 80.1 Å². The average Bonchev–Trinajstić information content (AvgIpc) is 2.46. The third-order valence-corrected chi connectivity index (χ3v) is 27.4. The van der Waals surface area contributed by atoms with Crippen LogP contribution in [0.5, 0.6) is 0 Å². The van der Waals surface area contributed by atoms with Crippen LogP contribution in [-0.4, -0.2) is 26.5 Å². The summed E-state index contributed by atoms with van der Waals surface area (Å²) in [6, 6.07) is 0. The first-order valence-electron chi connectivity index (χ1n) is 10.7. The maximum absolute atomic E-state index is 4.80. The van der Waals surface area contributed by atoms with Crippen molar-refractivity contribution in [3.8, 4) is 0 Å².